The molecule has 0 bridgehead atoms. The molecule has 1 aromatic heterocycles. The molecule has 140 valence electrons. The molecule has 1 aliphatic heterocycles. The van der Waals surface area contributed by atoms with Crippen LogP contribution in [0.4, 0.5) is 0 Å². The van der Waals surface area contributed by atoms with Gasteiger partial charge in [0.15, 0.2) is 5.78 Å². The van der Waals surface area contributed by atoms with Crippen molar-refractivity contribution in [3.8, 4) is 0 Å². The minimum Gasteiger partial charge on any atom is -0.361 e. The summed E-state index contributed by atoms with van der Waals surface area (Å²) >= 11 is 0. The number of fused-ring (bicyclic) bond motifs is 1. The Morgan fingerprint density at radius 2 is 1.70 bits per heavy atom. The zero-order chi connectivity index (χ0) is 19.0. The van der Waals surface area contributed by atoms with Gasteiger partial charge in [-0.25, -0.2) is 8.42 Å². The van der Waals surface area contributed by atoms with Gasteiger partial charge in [-0.15, -0.1) is 0 Å². The van der Waals surface area contributed by atoms with Gasteiger partial charge in [-0.3, -0.25) is 4.79 Å². The third-order valence-electron chi connectivity index (χ3n) is 5.41. The van der Waals surface area contributed by atoms with Crippen LogP contribution >= 0.6 is 0 Å². The SMILES string of the molecule is CC(=O)c1ccc(S(=O)(=O)N2CCC(c3c[nH]c4ccccc34)CC2)cc1. The number of benzene rings is 2. The molecule has 3 aromatic rings. The van der Waals surface area contributed by atoms with Crippen molar-refractivity contribution in [2.45, 2.75) is 30.6 Å². The number of H-pyrrole nitrogens is 1. The number of nitrogens with one attached hydrogen (secondary N) is 1. The predicted octanol–water partition coefficient (Wildman–Crippen LogP) is 3.94. The molecule has 0 atom stereocenters. The lowest BCUT2D eigenvalue weighted by molar-refractivity contribution is 0.101. The number of nitrogens with zero attached hydrogens (tertiary/aromatic N) is 1. The van der Waals surface area contributed by atoms with Crippen molar-refractivity contribution in [3.05, 3.63) is 65.9 Å². The Bertz CT molecular complexity index is 1080. The number of hydrogen-bond acceptors (Lipinski definition) is 3. The van der Waals surface area contributed by atoms with E-state index in [1.54, 1.807) is 16.4 Å². The van der Waals surface area contributed by atoms with Crippen LogP contribution in [-0.4, -0.2) is 36.6 Å². The number of ketones is 1. The Balaban J connectivity index is 1.50. The Kier molecular flexibility index (Phi) is 4.61. The van der Waals surface area contributed by atoms with Gasteiger partial charge in [0.25, 0.3) is 0 Å². The maximum atomic E-state index is 12.9. The molecule has 0 unspecified atom stereocenters. The third kappa shape index (κ3) is 3.31. The van der Waals surface area contributed by atoms with Crippen LogP contribution in [0.3, 0.4) is 0 Å². The van der Waals surface area contributed by atoms with Gasteiger partial charge in [0, 0.05) is 35.8 Å². The zero-order valence-electron chi connectivity index (χ0n) is 15.2. The van der Waals surface area contributed by atoms with Crippen molar-refractivity contribution < 1.29 is 13.2 Å². The Hall–Kier alpha value is -2.44. The van der Waals surface area contributed by atoms with Crippen LogP contribution in [-0.2, 0) is 10.0 Å². The van der Waals surface area contributed by atoms with Gasteiger partial charge < -0.3 is 4.98 Å². The van der Waals surface area contributed by atoms with Crippen LogP contribution in [0, 0.1) is 0 Å². The summed E-state index contributed by atoms with van der Waals surface area (Å²) in [6.45, 7) is 2.47. The van der Waals surface area contributed by atoms with Crippen LogP contribution in [0.1, 0.15) is 41.6 Å². The lowest BCUT2D eigenvalue weighted by atomic mass is 9.90. The number of aromatic amines is 1. The molecule has 1 N–H and O–H groups in total. The molecule has 0 radical (unpaired) electrons. The number of para-hydroxylation sites is 1. The zero-order valence-corrected chi connectivity index (χ0v) is 16.0. The summed E-state index contributed by atoms with van der Waals surface area (Å²) in [6, 6.07) is 14.4. The molecular weight excluding hydrogens is 360 g/mol. The van der Waals surface area contributed by atoms with Crippen molar-refractivity contribution in [1.29, 1.82) is 0 Å². The summed E-state index contributed by atoms with van der Waals surface area (Å²) < 4.78 is 27.4. The summed E-state index contributed by atoms with van der Waals surface area (Å²) in [5.74, 6) is 0.284. The third-order valence-corrected chi connectivity index (χ3v) is 7.33. The summed E-state index contributed by atoms with van der Waals surface area (Å²) in [5, 5.41) is 1.22. The summed E-state index contributed by atoms with van der Waals surface area (Å²) in [6.07, 6.45) is 3.65. The quantitative estimate of drug-likeness (QED) is 0.695. The minimum atomic E-state index is -3.53. The lowest BCUT2D eigenvalue weighted by Crippen LogP contribution is -2.37. The molecule has 0 saturated carbocycles. The van der Waals surface area contributed by atoms with Crippen LogP contribution in [0.25, 0.3) is 10.9 Å². The largest absolute Gasteiger partial charge is 0.361 e. The van der Waals surface area contributed by atoms with Crippen molar-refractivity contribution in [2.24, 2.45) is 0 Å². The average molecular weight is 382 g/mol. The summed E-state index contributed by atoms with van der Waals surface area (Å²) in [4.78, 5) is 14.9. The molecular formula is C21H22N2O3S. The molecule has 27 heavy (non-hydrogen) atoms. The second-order valence-corrected chi connectivity index (χ2v) is 8.99. The number of piperidine rings is 1. The smallest absolute Gasteiger partial charge is 0.243 e. The van der Waals surface area contributed by atoms with Gasteiger partial charge >= 0.3 is 0 Å². The standard InChI is InChI=1S/C21H22N2O3S/c1-15(24)16-6-8-18(9-7-16)27(25,26)23-12-10-17(11-13-23)20-14-22-21-5-3-2-4-19(20)21/h2-9,14,17,22H,10-13H2,1H3. The number of carbonyl (C=O) groups excluding carboxylic acids is 1. The Morgan fingerprint density at radius 1 is 1.04 bits per heavy atom. The van der Waals surface area contributed by atoms with Crippen molar-refractivity contribution in [3.63, 3.8) is 0 Å². The van der Waals surface area contributed by atoms with Crippen molar-refractivity contribution >= 4 is 26.7 Å². The monoisotopic (exact) mass is 382 g/mol. The molecule has 1 aliphatic rings. The fraction of sp³-hybridized carbons (Fsp3) is 0.286. The van der Waals surface area contributed by atoms with E-state index >= 15 is 0 Å². The van der Waals surface area contributed by atoms with Crippen molar-refractivity contribution in [2.75, 3.05) is 13.1 Å². The molecule has 5 nitrogen and oxygen atoms in total. The number of Topliss-reactive ketones (excluding diaryl/α,β-unsaturated/α-hetero) is 1. The Morgan fingerprint density at radius 3 is 2.37 bits per heavy atom. The second kappa shape index (κ2) is 6.94. The second-order valence-electron chi connectivity index (χ2n) is 7.05. The maximum Gasteiger partial charge on any atom is 0.243 e. The van der Waals surface area contributed by atoms with Crippen LogP contribution in [0.2, 0.25) is 0 Å². The van der Waals surface area contributed by atoms with Gasteiger partial charge in [0.05, 0.1) is 4.90 Å². The highest BCUT2D eigenvalue weighted by Gasteiger charge is 2.30. The molecule has 2 aromatic carbocycles. The van der Waals surface area contributed by atoms with Crippen LogP contribution < -0.4 is 0 Å². The summed E-state index contributed by atoms with van der Waals surface area (Å²) in [5.41, 5.74) is 2.91. The topological polar surface area (TPSA) is 70.2 Å². The van der Waals surface area contributed by atoms with E-state index in [0.717, 1.165) is 18.4 Å². The van der Waals surface area contributed by atoms with E-state index in [2.05, 4.69) is 23.3 Å². The molecule has 1 fully saturated rings. The van der Waals surface area contributed by atoms with Crippen LogP contribution in [0.5, 0.6) is 0 Å². The van der Waals surface area contributed by atoms with Gasteiger partial charge in [0.2, 0.25) is 10.0 Å². The van der Waals surface area contributed by atoms with Gasteiger partial charge in [-0.05, 0) is 49.4 Å². The van der Waals surface area contributed by atoms with E-state index < -0.39 is 10.0 Å². The average Bonchev–Trinajstić information content (AvgIpc) is 3.12. The fourth-order valence-electron chi connectivity index (χ4n) is 3.85. The normalized spacial score (nSPS) is 16.6. The molecule has 1 saturated heterocycles. The lowest BCUT2D eigenvalue weighted by Gasteiger charge is -2.31. The molecule has 0 amide bonds. The molecule has 0 spiro atoms. The van der Waals surface area contributed by atoms with Gasteiger partial charge in [0.1, 0.15) is 0 Å². The predicted molar refractivity (Wildman–Crippen MR) is 105 cm³/mol. The number of carbonyl (C=O) groups is 1. The van der Waals surface area contributed by atoms with E-state index in [9.17, 15) is 13.2 Å². The fourth-order valence-corrected chi connectivity index (χ4v) is 5.32. The van der Waals surface area contributed by atoms with Gasteiger partial charge in [-0.2, -0.15) is 4.31 Å². The molecule has 4 rings (SSSR count). The minimum absolute atomic E-state index is 0.0708. The first kappa shape index (κ1) is 17.9. The van der Waals surface area contributed by atoms with Crippen LogP contribution in [0.15, 0.2) is 59.6 Å². The van der Waals surface area contributed by atoms with Crippen molar-refractivity contribution in [1.82, 2.24) is 9.29 Å². The van der Waals surface area contributed by atoms with E-state index in [1.165, 1.54) is 30.0 Å². The first-order valence-electron chi connectivity index (χ1n) is 9.14. The van der Waals surface area contributed by atoms with E-state index in [1.807, 2.05) is 12.1 Å². The van der Waals surface area contributed by atoms with E-state index in [-0.39, 0.29) is 10.7 Å². The molecule has 6 heteroatoms. The first-order chi connectivity index (χ1) is 13.0. The number of hydrogen-bond donors (Lipinski definition) is 1. The molecule has 0 aliphatic carbocycles. The summed E-state index contributed by atoms with van der Waals surface area (Å²) in [7, 11) is -3.53. The number of sulfonamides is 1. The first-order valence-corrected chi connectivity index (χ1v) is 10.6. The number of aromatic nitrogens is 1. The highest BCUT2D eigenvalue weighted by molar-refractivity contribution is 7.89. The maximum absolute atomic E-state index is 12.9. The van der Waals surface area contributed by atoms with E-state index in [4.69, 9.17) is 0 Å². The highest BCUT2D eigenvalue weighted by Crippen LogP contribution is 2.34. The highest BCUT2D eigenvalue weighted by atomic mass is 32.2. The van der Waals surface area contributed by atoms with Gasteiger partial charge in [-0.1, -0.05) is 30.3 Å². The molecule has 2 heterocycles. The van der Waals surface area contributed by atoms with E-state index in [0.29, 0.717) is 24.6 Å². The Labute approximate surface area is 159 Å². The number of rotatable bonds is 4.